The van der Waals surface area contributed by atoms with Gasteiger partial charge in [-0.25, -0.2) is 15.0 Å². The largest absolute Gasteiger partial charge is 0.497 e. The molecule has 6 aromatic rings. The molecule has 0 amide bonds. The third-order valence-corrected chi connectivity index (χ3v) is 9.40. The lowest BCUT2D eigenvalue weighted by Gasteiger charge is -2.22. The predicted molar refractivity (Wildman–Crippen MR) is 178 cm³/mol. The Kier molecular flexibility index (Phi) is 6.89. The molecular formula is C35H33BrN6O3. The molecule has 10 heteroatoms. The second kappa shape index (κ2) is 11.0. The Morgan fingerprint density at radius 1 is 0.956 bits per heavy atom. The topological polar surface area (TPSA) is 87.7 Å². The van der Waals surface area contributed by atoms with Gasteiger partial charge in [0.1, 0.15) is 41.4 Å². The molecule has 9 nitrogen and oxygen atoms in total. The Morgan fingerprint density at radius 3 is 2.64 bits per heavy atom. The number of benzene rings is 2. The molecule has 0 spiro atoms. The first kappa shape index (κ1) is 28.2. The van der Waals surface area contributed by atoms with Gasteiger partial charge in [-0.2, -0.15) is 0 Å². The summed E-state index contributed by atoms with van der Waals surface area (Å²) in [6.07, 6.45) is 11.4. The number of nitrogens with one attached hydrogen (secondary N) is 1. The zero-order valence-corrected chi connectivity index (χ0v) is 26.9. The van der Waals surface area contributed by atoms with E-state index in [0.717, 1.165) is 62.0 Å². The minimum Gasteiger partial charge on any atom is -0.497 e. The van der Waals surface area contributed by atoms with Crippen molar-refractivity contribution in [3.8, 4) is 5.75 Å². The van der Waals surface area contributed by atoms with Crippen LogP contribution in [-0.4, -0.2) is 49.0 Å². The van der Waals surface area contributed by atoms with Gasteiger partial charge in [0.2, 0.25) is 0 Å². The summed E-state index contributed by atoms with van der Waals surface area (Å²) >= 11 is 3.70. The van der Waals surface area contributed by atoms with Crippen LogP contribution in [0, 0.1) is 0 Å². The molecule has 8 rings (SSSR count). The van der Waals surface area contributed by atoms with Crippen LogP contribution in [-0.2, 0) is 22.4 Å². The summed E-state index contributed by atoms with van der Waals surface area (Å²) in [4.78, 5) is 14.3. The van der Waals surface area contributed by atoms with Crippen LogP contribution in [0.2, 0.25) is 0 Å². The molecule has 0 radical (unpaired) electrons. The summed E-state index contributed by atoms with van der Waals surface area (Å²) in [5.74, 6) is 1.01. The maximum Gasteiger partial charge on any atom is 0.164 e. The number of hydrogen-bond donors (Lipinski definition) is 1. The fourth-order valence-corrected chi connectivity index (χ4v) is 7.08. The number of pyridine rings is 1. The Balaban J connectivity index is 1.03. The molecule has 0 bridgehead atoms. The fraction of sp³-hybridized carbons (Fsp3) is 0.286. The number of imidazole rings is 1. The number of aromatic nitrogens is 5. The van der Waals surface area contributed by atoms with Crippen LogP contribution in [0.1, 0.15) is 37.4 Å². The van der Waals surface area contributed by atoms with Gasteiger partial charge in [0.25, 0.3) is 0 Å². The fourth-order valence-electron chi connectivity index (χ4n) is 6.61. The SMILES string of the molecule is COc1ccc(CNc2nc3cc(CCC4=C[C@@H](n5ccc6c5ncn5ccnc65)[C@@H]5OC(C)(C)O[C@H]45)ccc3cc2Br)cc1. The molecule has 2 aliphatic rings. The first-order valence-corrected chi connectivity index (χ1v) is 15.9. The van der Waals surface area contributed by atoms with Gasteiger partial charge in [0, 0.05) is 30.5 Å². The van der Waals surface area contributed by atoms with Crippen LogP contribution < -0.4 is 10.1 Å². The molecule has 4 aromatic heterocycles. The second-order valence-electron chi connectivity index (χ2n) is 12.2. The van der Waals surface area contributed by atoms with E-state index in [1.54, 1.807) is 13.3 Å². The van der Waals surface area contributed by atoms with E-state index in [-0.39, 0.29) is 18.2 Å². The third kappa shape index (κ3) is 5.16. The molecular weight excluding hydrogens is 632 g/mol. The number of anilines is 1. The number of nitrogens with zero attached hydrogens (tertiary/aromatic N) is 5. The van der Waals surface area contributed by atoms with Gasteiger partial charge < -0.3 is 24.1 Å². The Morgan fingerprint density at radius 2 is 1.80 bits per heavy atom. The van der Waals surface area contributed by atoms with Gasteiger partial charge >= 0.3 is 0 Å². The highest BCUT2D eigenvalue weighted by atomic mass is 79.9. The quantitative estimate of drug-likeness (QED) is 0.172. The number of ether oxygens (including phenoxy) is 3. The number of rotatable bonds is 8. The smallest absolute Gasteiger partial charge is 0.164 e. The summed E-state index contributed by atoms with van der Waals surface area (Å²) < 4.78 is 23.3. The van der Waals surface area contributed by atoms with Crippen LogP contribution in [0.25, 0.3) is 27.6 Å². The summed E-state index contributed by atoms with van der Waals surface area (Å²) in [6, 6.07) is 18.8. The highest BCUT2D eigenvalue weighted by Gasteiger charge is 2.50. The average Bonchev–Trinajstić information content (AvgIpc) is 3.81. The number of fused-ring (bicyclic) bond motifs is 5. The monoisotopic (exact) mass is 664 g/mol. The van der Waals surface area contributed by atoms with Gasteiger partial charge in [0.05, 0.1) is 28.5 Å². The minimum atomic E-state index is -0.657. The number of halogens is 1. The molecule has 1 fully saturated rings. The number of aryl methyl sites for hydroxylation is 1. The van der Waals surface area contributed by atoms with Gasteiger partial charge in [0.15, 0.2) is 5.79 Å². The standard InChI is InChI=1S/C35H33BrN6O3/c1-35(2)44-30-24(18-29(31(30)45-35)42-14-12-26-33-37-13-15-41(33)20-39-34(26)42)9-5-21-4-8-23-17-27(36)32(40-28(23)16-21)38-19-22-6-10-25(43-3)11-7-22/h4,6-8,10-18,20,29-31H,5,9,19H2,1-3H3,(H,38,40)/t29-,30-,31+/m1/s1. The van der Waals surface area contributed by atoms with Crippen LogP contribution in [0.5, 0.6) is 5.75 Å². The van der Waals surface area contributed by atoms with E-state index in [0.29, 0.717) is 6.54 Å². The van der Waals surface area contributed by atoms with E-state index >= 15 is 0 Å². The van der Waals surface area contributed by atoms with Crippen molar-refractivity contribution in [3.05, 3.63) is 107 Å². The maximum absolute atomic E-state index is 6.49. The lowest BCUT2D eigenvalue weighted by molar-refractivity contribution is -0.147. The van der Waals surface area contributed by atoms with E-state index in [2.05, 4.69) is 85.5 Å². The molecule has 1 aliphatic heterocycles. The van der Waals surface area contributed by atoms with E-state index < -0.39 is 5.79 Å². The van der Waals surface area contributed by atoms with Crippen molar-refractivity contribution in [1.82, 2.24) is 23.9 Å². The van der Waals surface area contributed by atoms with Gasteiger partial charge in [-0.3, -0.25) is 4.40 Å². The molecule has 5 heterocycles. The zero-order valence-electron chi connectivity index (χ0n) is 25.3. The molecule has 1 aliphatic carbocycles. The average molecular weight is 666 g/mol. The van der Waals surface area contributed by atoms with Gasteiger partial charge in [-0.15, -0.1) is 0 Å². The van der Waals surface area contributed by atoms with Crippen molar-refractivity contribution in [2.24, 2.45) is 0 Å². The first-order chi connectivity index (χ1) is 21.8. The Hall–Kier alpha value is -4.25. The maximum atomic E-state index is 6.49. The van der Waals surface area contributed by atoms with E-state index in [1.165, 1.54) is 11.1 Å². The van der Waals surface area contributed by atoms with Crippen molar-refractivity contribution >= 4 is 49.3 Å². The van der Waals surface area contributed by atoms with Crippen molar-refractivity contribution in [2.45, 2.75) is 57.3 Å². The zero-order chi connectivity index (χ0) is 30.7. The molecule has 228 valence electrons. The van der Waals surface area contributed by atoms with Crippen molar-refractivity contribution < 1.29 is 14.2 Å². The molecule has 1 N–H and O–H groups in total. The lowest BCUT2D eigenvalue weighted by Crippen LogP contribution is -2.27. The van der Waals surface area contributed by atoms with E-state index in [4.69, 9.17) is 24.2 Å². The lowest BCUT2D eigenvalue weighted by atomic mass is 10.0. The van der Waals surface area contributed by atoms with Crippen LogP contribution in [0.3, 0.4) is 0 Å². The van der Waals surface area contributed by atoms with Crippen molar-refractivity contribution in [2.75, 3.05) is 12.4 Å². The van der Waals surface area contributed by atoms with Crippen LogP contribution in [0.4, 0.5) is 5.82 Å². The first-order valence-electron chi connectivity index (χ1n) is 15.2. The van der Waals surface area contributed by atoms with Crippen LogP contribution >= 0.6 is 15.9 Å². The normalized spacial score (nSPS) is 20.6. The van der Waals surface area contributed by atoms with E-state index in [1.807, 2.05) is 42.9 Å². The number of hydrogen-bond acceptors (Lipinski definition) is 7. The highest BCUT2D eigenvalue weighted by molar-refractivity contribution is 9.10. The summed E-state index contributed by atoms with van der Waals surface area (Å²) in [5.41, 5.74) is 6.39. The third-order valence-electron chi connectivity index (χ3n) is 8.80. The van der Waals surface area contributed by atoms with Crippen molar-refractivity contribution in [1.29, 1.82) is 0 Å². The second-order valence-corrected chi connectivity index (χ2v) is 13.0. The molecule has 0 unspecified atom stereocenters. The highest BCUT2D eigenvalue weighted by Crippen LogP contribution is 2.45. The summed E-state index contributed by atoms with van der Waals surface area (Å²) in [5, 5.41) is 5.59. The molecule has 1 saturated heterocycles. The van der Waals surface area contributed by atoms with Crippen molar-refractivity contribution in [3.63, 3.8) is 0 Å². The molecule has 0 saturated carbocycles. The Labute approximate surface area is 269 Å². The Bertz CT molecular complexity index is 2080. The molecule has 2 aromatic carbocycles. The predicted octanol–water partition coefficient (Wildman–Crippen LogP) is 7.25. The molecule has 45 heavy (non-hydrogen) atoms. The van der Waals surface area contributed by atoms with Crippen LogP contribution in [0.15, 0.2) is 95.6 Å². The van der Waals surface area contributed by atoms with E-state index in [9.17, 15) is 0 Å². The number of methoxy groups -OCH3 is 1. The summed E-state index contributed by atoms with van der Waals surface area (Å²) in [7, 11) is 1.68. The minimum absolute atomic E-state index is 0.0239. The summed E-state index contributed by atoms with van der Waals surface area (Å²) in [6.45, 7) is 4.65. The van der Waals surface area contributed by atoms with Gasteiger partial charge in [-0.1, -0.05) is 30.3 Å². The molecule has 3 atom stereocenters. The van der Waals surface area contributed by atoms with Gasteiger partial charge in [-0.05, 0) is 89.7 Å².